The summed E-state index contributed by atoms with van der Waals surface area (Å²) in [5, 5.41) is 0. The van der Waals surface area contributed by atoms with Crippen LogP contribution in [-0.2, 0) is 0 Å². The minimum absolute atomic E-state index is 0.0994. The number of nitrogens with zero attached hydrogens (tertiary/aromatic N) is 2. The van der Waals surface area contributed by atoms with E-state index >= 15 is 0 Å². The number of fused-ring (bicyclic) bond motifs is 1. The fourth-order valence-corrected chi connectivity index (χ4v) is 3.16. The van der Waals surface area contributed by atoms with E-state index in [9.17, 15) is 0 Å². The normalized spacial score (nSPS) is 16.2. The van der Waals surface area contributed by atoms with Gasteiger partial charge in [0.25, 0.3) is 0 Å². The molecule has 2 heterocycles. The van der Waals surface area contributed by atoms with E-state index in [-0.39, 0.29) is 11.6 Å². The average Bonchev–Trinajstić information content (AvgIpc) is 3.10. The number of benzene rings is 2. The summed E-state index contributed by atoms with van der Waals surface area (Å²) < 4.78 is 8.18. The van der Waals surface area contributed by atoms with E-state index in [2.05, 4.69) is 78.0 Å². The monoisotopic (exact) mass is 316 g/mol. The molecule has 3 aromatic rings. The molecule has 0 fully saturated rings. The maximum atomic E-state index is 6.04. The van der Waals surface area contributed by atoms with Crippen molar-refractivity contribution >= 4 is 6.08 Å². The third-order valence-electron chi connectivity index (χ3n) is 4.33. The molecule has 3 nitrogen and oxygen atoms in total. The summed E-state index contributed by atoms with van der Waals surface area (Å²) in [6.07, 6.45) is 9.95. The highest BCUT2D eigenvalue weighted by atomic mass is 16.5. The van der Waals surface area contributed by atoms with Crippen molar-refractivity contribution in [2.75, 3.05) is 0 Å². The van der Waals surface area contributed by atoms with Crippen LogP contribution in [-0.4, -0.2) is 15.2 Å². The Morgan fingerprint density at radius 2 is 1.88 bits per heavy atom. The van der Waals surface area contributed by atoms with E-state index in [4.69, 9.17) is 4.74 Å². The quantitative estimate of drug-likeness (QED) is 0.700. The summed E-state index contributed by atoms with van der Waals surface area (Å²) in [6.45, 7) is 4.14. The smallest absolute Gasteiger partial charge is 0.127 e. The van der Waals surface area contributed by atoms with Gasteiger partial charge in [0, 0.05) is 18.0 Å². The first-order valence-electron chi connectivity index (χ1n) is 8.17. The predicted molar refractivity (Wildman–Crippen MR) is 96.1 cm³/mol. The maximum absolute atomic E-state index is 6.04. The molecule has 0 amide bonds. The predicted octanol–water partition coefficient (Wildman–Crippen LogP) is 4.71. The zero-order valence-corrected chi connectivity index (χ0v) is 13.9. The number of hydrogen-bond acceptors (Lipinski definition) is 2. The second-order valence-corrected chi connectivity index (χ2v) is 6.66. The molecule has 0 aliphatic carbocycles. The second kappa shape index (κ2) is 5.68. The van der Waals surface area contributed by atoms with Gasteiger partial charge in [-0.1, -0.05) is 42.5 Å². The van der Waals surface area contributed by atoms with Gasteiger partial charge in [0.2, 0.25) is 0 Å². The zero-order valence-electron chi connectivity index (χ0n) is 13.9. The number of ether oxygens (including phenoxy) is 1. The first-order valence-corrected chi connectivity index (χ1v) is 8.17. The highest BCUT2D eigenvalue weighted by molar-refractivity contribution is 5.62. The van der Waals surface area contributed by atoms with Gasteiger partial charge in [-0.3, -0.25) is 0 Å². The Morgan fingerprint density at radius 3 is 2.62 bits per heavy atom. The van der Waals surface area contributed by atoms with E-state index in [1.165, 1.54) is 11.1 Å². The van der Waals surface area contributed by atoms with Gasteiger partial charge in [-0.25, -0.2) is 4.98 Å². The lowest BCUT2D eigenvalue weighted by Gasteiger charge is -2.29. The standard InChI is InChI=1S/C21H20N2O/c1-21(2)11-10-17-14-18(8-9-19(17)24-21)20(23-13-12-22-15-23)16-6-4-3-5-7-16/h3-15,20H,1-2H3. The lowest BCUT2D eigenvalue weighted by atomic mass is 9.94. The molecule has 3 heteroatoms. The van der Waals surface area contributed by atoms with Crippen molar-refractivity contribution in [2.45, 2.75) is 25.5 Å². The Morgan fingerprint density at radius 1 is 1.04 bits per heavy atom. The van der Waals surface area contributed by atoms with Gasteiger partial charge in [0.05, 0.1) is 12.4 Å². The van der Waals surface area contributed by atoms with Crippen LogP contribution in [0.15, 0.2) is 73.3 Å². The van der Waals surface area contributed by atoms with Gasteiger partial charge in [-0.15, -0.1) is 0 Å². The molecule has 0 saturated carbocycles. The Bertz CT molecular complexity index is 864. The van der Waals surface area contributed by atoms with Crippen molar-refractivity contribution in [3.63, 3.8) is 0 Å². The Labute approximate surface area is 142 Å². The molecule has 1 aromatic heterocycles. The molecule has 0 saturated heterocycles. The van der Waals surface area contributed by atoms with Crippen LogP contribution in [0.25, 0.3) is 6.08 Å². The van der Waals surface area contributed by atoms with Crippen LogP contribution in [0.4, 0.5) is 0 Å². The Balaban J connectivity index is 1.80. The zero-order chi connectivity index (χ0) is 16.6. The van der Waals surface area contributed by atoms with Crippen molar-refractivity contribution in [3.8, 4) is 5.75 Å². The minimum Gasteiger partial charge on any atom is -0.483 e. The van der Waals surface area contributed by atoms with E-state index in [0.717, 1.165) is 11.3 Å². The summed E-state index contributed by atoms with van der Waals surface area (Å²) in [7, 11) is 0. The van der Waals surface area contributed by atoms with Gasteiger partial charge < -0.3 is 9.30 Å². The summed E-state index contributed by atoms with van der Waals surface area (Å²) in [4.78, 5) is 4.22. The van der Waals surface area contributed by atoms with E-state index in [1.807, 2.05) is 24.8 Å². The minimum atomic E-state index is -0.252. The van der Waals surface area contributed by atoms with Gasteiger partial charge in [-0.05, 0) is 43.2 Å². The molecule has 24 heavy (non-hydrogen) atoms. The first kappa shape index (κ1) is 14.8. The second-order valence-electron chi connectivity index (χ2n) is 6.66. The molecule has 0 spiro atoms. The average molecular weight is 316 g/mol. The fraction of sp³-hybridized carbons (Fsp3) is 0.190. The van der Waals surface area contributed by atoms with Gasteiger partial charge in [0.1, 0.15) is 11.4 Å². The largest absolute Gasteiger partial charge is 0.483 e. The molecule has 0 bridgehead atoms. The number of imidazole rings is 1. The van der Waals surface area contributed by atoms with Gasteiger partial charge in [0.15, 0.2) is 0 Å². The molecule has 1 atom stereocenters. The number of rotatable bonds is 3. The molecule has 1 aliphatic heterocycles. The molecule has 0 N–H and O–H groups in total. The molecule has 4 rings (SSSR count). The Hall–Kier alpha value is -2.81. The van der Waals surface area contributed by atoms with Crippen molar-refractivity contribution in [1.82, 2.24) is 9.55 Å². The highest BCUT2D eigenvalue weighted by Crippen LogP contribution is 2.35. The van der Waals surface area contributed by atoms with Crippen LogP contribution in [0.1, 0.15) is 36.6 Å². The third-order valence-corrected chi connectivity index (χ3v) is 4.33. The number of aromatic nitrogens is 2. The maximum Gasteiger partial charge on any atom is 0.127 e. The van der Waals surface area contributed by atoms with Crippen LogP contribution >= 0.6 is 0 Å². The molecule has 1 aliphatic rings. The molecule has 0 radical (unpaired) electrons. The van der Waals surface area contributed by atoms with Crippen LogP contribution < -0.4 is 4.74 Å². The molecule has 2 aromatic carbocycles. The molecule has 1 unspecified atom stereocenters. The topological polar surface area (TPSA) is 27.1 Å². The molecule has 120 valence electrons. The van der Waals surface area contributed by atoms with Crippen molar-refractivity contribution < 1.29 is 4.74 Å². The van der Waals surface area contributed by atoms with E-state index in [1.54, 1.807) is 0 Å². The van der Waals surface area contributed by atoms with E-state index in [0.29, 0.717) is 0 Å². The fourth-order valence-electron chi connectivity index (χ4n) is 3.16. The van der Waals surface area contributed by atoms with Crippen LogP contribution in [0.5, 0.6) is 5.75 Å². The SMILES string of the molecule is CC1(C)C=Cc2cc(C(c3ccccc3)n3ccnc3)ccc2O1. The van der Waals surface area contributed by atoms with Crippen molar-refractivity contribution in [1.29, 1.82) is 0 Å². The van der Waals surface area contributed by atoms with Crippen LogP contribution in [0, 0.1) is 0 Å². The molecular formula is C21H20N2O. The first-order chi connectivity index (χ1) is 11.6. The van der Waals surface area contributed by atoms with Gasteiger partial charge in [-0.2, -0.15) is 0 Å². The van der Waals surface area contributed by atoms with Crippen LogP contribution in [0.3, 0.4) is 0 Å². The van der Waals surface area contributed by atoms with Crippen molar-refractivity contribution in [3.05, 3.63) is 90.0 Å². The Kier molecular flexibility index (Phi) is 3.49. The molecular weight excluding hydrogens is 296 g/mol. The van der Waals surface area contributed by atoms with Crippen LogP contribution in [0.2, 0.25) is 0 Å². The summed E-state index contributed by atoms with van der Waals surface area (Å²) in [6, 6.07) is 17.0. The lowest BCUT2D eigenvalue weighted by molar-refractivity contribution is 0.159. The summed E-state index contributed by atoms with van der Waals surface area (Å²) in [5.74, 6) is 0.934. The lowest BCUT2D eigenvalue weighted by Crippen LogP contribution is -2.27. The summed E-state index contributed by atoms with van der Waals surface area (Å²) >= 11 is 0. The van der Waals surface area contributed by atoms with Crippen molar-refractivity contribution in [2.24, 2.45) is 0 Å². The third kappa shape index (κ3) is 2.73. The highest BCUT2D eigenvalue weighted by Gasteiger charge is 2.23. The summed E-state index contributed by atoms with van der Waals surface area (Å²) in [5.41, 5.74) is 3.31. The number of hydrogen-bond donors (Lipinski definition) is 0. The van der Waals surface area contributed by atoms with E-state index < -0.39 is 0 Å². The van der Waals surface area contributed by atoms with Gasteiger partial charge >= 0.3 is 0 Å².